The number of fused-ring (bicyclic) bond motifs is 2. The fourth-order valence-electron chi connectivity index (χ4n) is 4.87. The Balaban J connectivity index is 1.47. The highest BCUT2D eigenvalue weighted by molar-refractivity contribution is 5.95. The molecule has 2 aliphatic rings. The normalized spacial score (nSPS) is 17.1. The molecule has 0 unspecified atom stereocenters. The number of likely N-dealkylation sites (N-methyl/N-ethyl adjacent to an activating group) is 1. The lowest BCUT2D eigenvalue weighted by Crippen LogP contribution is -2.43. The summed E-state index contributed by atoms with van der Waals surface area (Å²) in [6.45, 7) is 3.01. The molecule has 1 saturated carbocycles. The van der Waals surface area contributed by atoms with Crippen LogP contribution >= 0.6 is 0 Å². The van der Waals surface area contributed by atoms with Crippen LogP contribution in [0.1, 0.15) is 74.5 Å². The van der Waals surface area contributed by atoms with E-state index in [1.807, 2.05) is 11.8 Å². The van der Waals surface area contributed by atoms with Gasteiger partial charge in [0.2, 0.25) is 0 Å². The third kappa shape index (κ3) is 4.65. The molecule has 0 spiro atoms. The van der Waals surface area contributed by atoms with Crippen molar-refractivity contribution in [1.82, 2.24) is 14.5 Å². The lowest BCUT2D eigenvalue weighted by atomic mass is 9.94. The lowest BCUT2D eigenvalue weighted by Gasteiger charge is -2.33. The fraction of sp³-hybridized carbons (Fsp3) is 0.583. The average Bonchev–Trinajstić information content (AvgIpc) is 3.04. The zero-order valence-corrected chi connectivity index (χ0v) is 18.3. The Morgan fingerprint density at radius 2 is 1.90 bits per heavy atom. The molecule has 0 N–H and O–H groups in total. The van der Waals surface area contributed by atoms with E-state index in [9.17, 15) is 14.4 Å². The Labute approximate surface area is 182 Å². The molecule has 1 fully saturated rings. The first-order chi connectivity index (χ1) is 15.1. The second kappa shape index (κ2) is 9.62. The second-order valence-corrected chi connectivity index (χ2v) is 8.58. The molecule has 1 amide bonds. The molecule has 1 aliphatic carbocycles. The van der Waals surface area contributed by atoms with Crippen molar-refractivity contribution in [3.63, 3.8) is 0 Å². The summed E-state index contributed by atoms with van der Waals surface area (Å²) in [7, 11) is 0. The minimum Gasteiger partial charge on any atom is -0.452 e. The van der Waals surface area contributed by atoms with Gasteiger partial charge in [-0.15, -0.1) is 0 Å². The largest absolute Gasteiger partial charge is 0.452 e. The zero-order chi connectivity index (χ0) is 21.8. The molecule has 4 rings (SSSR count). The monoisotopic (exact) mass is 425 g/mol. The van der Waals surface area contributed by atoms with Gasteiger partial charge in [-0.25, -0.2) is 9.78 Å². The van der Waals surface area contributed by atoms with Gasteiger partial charge in [-0.05, 0) is 50.8 Å². The summed E-state index contributed by atoms with van der Waals surface area (Å²) in [4.78, 5) is 44.6. The summed E-state index contributed by atoms with van der Waals surface area (Å²) in [5.74, 6) is 0.0683. The quantitative estimate of drug-likeness (QED) is 0.685. The maximum Gasteiger partial charge on any atom is 0.338 e. The van der Waals surface area contributed by atoms with Crippen LogP contribution in [0.15, 0.2) is 23.0 Å². The van der Waals surface area contributed by atoms with Crippen molar-refractivity contribution >= 4 is 22.8 Å². The van der Waals surface area contributed by atoms with Crippen molar-refractivity contribution in [1.29, 1.82) is 0 Å². The van der Waals surface area contributed by atoms with E-state index in [0.717, 1.165) is 57.2 Å². The molecular weight excluding hydrogens is 394 g/mol. The molecule has 2 heterocycles. The van der Waals surface area contributed by atoms with Crippen molar-refractivity contribution in [2.75, 3.05) is 13.2 Å². The highest BCUT2D eigenvalue weighted by Gasteiger charge is 2.25. The van der Waals surface area contributed by atoms with Crippen molar-refractivity contribution in [3.05, 3.63) is 39.9 Å². The van der Waals surface area contributed by atoms with Gasteiger partial charge < -0.3 is 9.64 Å². The lowest BCUT2D eigenvalue weighted by molar-refractivity contribution is -0.137. The van der Waals surface area contributed by atoms with E-state index in [0.29, 0.717) is 29.6 Å². The first-order valence-electron chi connectivity index (χ1n) is 11.6. The van der Waals surface area contributed by atoms with Gasteiger partial charge in [0.05, 0.1) is 16.5 Å². The van der Waals surface area contributed by atoms with E-state index >= 15 is 0 Å². The number of aromatic nitrogens is 2. The van der Waals surface area contributed by atoms with Crippen LogP contribution in [0.25, 0.3) is 10.9 Å². The Morgan fingerprint density at radius 1 is 1.13 bits per heavy atom. The van der Waals surface area contributed by atoms with Crippen molar-refractivity contribution in [2.24, 2.45) is 0 Å². The summed E-state index contributed by atoms with van der Waals surface area (Å²) in [6.07, 6.45) is 9.38. The van der Waals surface area contributed by atoms with Crippen LogP contribution in [0.3, 0.4) is 0 Å². The van der Waals surface area contributed by atoms with Crippen molar-refractivity contribution in [3.8, 4) is 0 Å². The number of rotatable bonds is 5. The van der Waals surface area contributed by atoms with E-state index in [1.165, 1.54) is 6.42 Å². The summed E-state index contributed by atoms with van der Waals surface area (Å²) >= 11 is 0. The molecule has 0 saturated heterocycles. The number of carbonyl (C=O) groups excluding carboxylic acids is 2. The van der Waals surface area contributed by atoms with Crippen molar-refractivity contribution in [2.45, 2.75) is 77.3 Å². The number of hydrogen-bond acceptors (Lipinski definition) is 5. The van der Waals surface area contributed by atoms with Gasteiger partial charge in [-0.2, -0.15) is 0 Å². The fourth-order valence-corrected chi connectivity index (χ4v) is 4.87. The van der Waals surface area contributed by atoms with Crippen LogP contribution in [0.4, 0.5) is 0 Å². The molecule has 166 valence electrons. The summed E-state index contributed by atoms with van der Waals surface area (Å²) < 4.78 is 7.09. The zero-order valence-electron chi connectivity index (χ0n) is 18.3. The molecular formula is C24H31N3O4. The van der Waals surface area contributed by atoms with Crippen LogP contribution in [-0.4, -0.2) is 45.5 Å². The predicted molar refractivity (Wildman–Crippen MR) is 118 cm³/mol. The average molecular weight is 426 g/mol. The van der Waals surface area contributed by atoms with Gasteiger partial charge in [-0.1, -0.05) is 25.7 Å². The number of benzene rings is 1. The molecule has 1 aromatic heterocycles. The molecule has 1 aliphatic heterocycles. The Bertz CT molecular complexity index is 1020. The molecule has 7 nitrogen and oxygen atoms in total. The highest BCUT2D eigenvalue weighted by atomic mass is 16.5. The minimum atomic E-state index is -0.563. The van der Waals surface area contributed by atoms with Gasteiger partial charge >= 0.3 is 5.97 Å². The van der Waals surface area contributed by atoms with E-state index in [-0.39, 0.29) is 24.1 Å². The molecule has 31 heavy (non-hydrogen) atoms. The van der Waals surface area contributed by atoms with E-state index in [1.54, 1.807) is 22.8 Å². The third-order valence-electron chi connectivity index (χ3n) is 6.56. The smallest absolute Gasteiger partial charge is 0.338 e. The van der Waals surface area contributed by atoms with Crippen LogP contribution in [0.5, 0.6) is 0 Å². The number of esters is 1. The summed E-state index contributed by atoms with van der Waals surface area (Å²) in [6, 6.07) is 5.08. The first-order valence-corrected chi connectivity index (χ1v) is 11.6. The number of hydrogen-bond donors (Lipinski definition) is 0. The van der Waals surface area contributed by atoms with Gasteiger partial charge in [0.25, 0.3) is 11.5 Å². The molecule has 7 heteroatoms. The van der Waals surface area contributed by atoms with Crippen molar-refractivity contribution < 1.29 is 14.3 Å². The van der Waals surface area contributed by atoms with Crippen LogP contribution in [0.2, 0.25) is 0 Å². The highest BCUT2D eigenvalue weighted by Crippen LogP contribution is 2.23. The SMILES string of the molecule is CCN(C(=O)COC(=O)c1ccc2c(=O)n3c(nc2c1)CCCCC3)C1CCCCC1. The van der Waals surface area contributed by atoms with Gasteiger partial charge in [0.15, 0.2) is 6.61 Å². The second-order valence-electron chi connectivity index (χ2n) is 8.58. The summed E-state index contributed by atoms with van der Waals surface area (Å²) in [5.41, 5.74) is 0.769. The van der Waals surface area contributed by atoms with E-state index in [2.05, 4.69) is 4.98 Å². The van der Waals surface area contributed by atoms with Gasteiger partial charge in [0.1, 0.15) is 5.82 Å². The number of carbonyl (C=O) groups is 2. The number of aryl methyl sites for hydroxylation is 1. The minimum absolute atomic E-state index is 0.0527. The number of amides is 1. The topological polar surface area (TPSA) is 81.5 Å². The van der Waals surface area contributed by atoms with Gasteiger partial charge in [-0.3, -0.25) is 14.2 Å². The molecule has 2 aromatic rings. The third-order valence-corrected chi connectivity index (χ3v) is 6.56. The van der Waals surface area contributed by atoms with E-state index < -0.39 is 5.97 Å². The van der Waals surface area contributed by atoms with Crippen LogP contribution in [0, 0.1) is 0 Å². The maximum atomic E-state index is 12.8. The molecule has 1 aromatic carbocycles. The first kappa shape index (κ1) is 21.5. The molecule has 0 atom stereocenters. The number of ether oxygens (including phenoxy) is 1. The molecule has 0 bridgehead atoms. The Morgan fingerprint density at radius 3 is 2.68 bits per heavy atom. The van der Waals surface area contributed by atoms with Gasteiger partial charge in [0, 0.05) is 25.6 Å². The van der Waals surface area contributed by atoms with E-state index in [4.69, 9.17) is 4.74 Å². The molecule has 0 radical (unpaired) electrons. The predicted octanol–water partition coefficient (Wildman–Crippen LogP) is 3.46. The van der Waals surface area contributed by atoms with Crippen LogP contribution < -0.4 is 5.56 Å². The Kier molecular flexibility index (Phi) is 6.68. The summed E-state index contributed by atoms with van der Waals surface area (Å²) in [5, 5.41) is 0.507. The standard InChI is InChI=1S/C24H31N3O4/c1-2-26(18-9-5-3-6-10-18)22(28)16-31-24(30)17-12-13-19-20(15-17)25-21-11-7-4-8-14-27(21)23(19)29/h12-13,15,18H,2-11,14,16H2,1H3. The number of nitrogens with zero attached hydrogens (tertiary/aromatic N) is 3. The maximum absolute atomic E-state index is 12.8. The van der Waals surface area contributed by atoms with Crippen LogP contribution in [-0.2, 0) is 22.5 Å². The Hall–Kier alpha value is -2.70.